The molecule has 1 heterocycles. The lowest BCUT2D eigenvalue weighted by Crippen LogP contribution is -2.43. The van der Waals surface area contributed by atoms with Gasteiger partial charge in [0.15, 0.2) is 5.76 Å². The van der Waals surface area contributed by atoms with Gasteiger partial charge in [0, 0.05) is 11.9 Å². The van der Waals surface area contributed by atoms with Crippen LogP contribution in [0.1, 0.15) is 36.2 Å². The number of rotatable bonds is 5. The van der Waals surface area contributed by atoms with Crippen LogP contribution in [0.3, 0.4) is 0 Å². The molecule has 1 amide bonds. The summed E-state index contributed by atoms with van der Waals surface area (Å²) in [6.07, 6.45) is 2.82. The SMILES string of the molecule is O=C(O)CC1(CNC(=O)c2cc3ccccc3o2)CCC1. The highest BCUT2D eigenvalue weighted by Gasteiger charge is 2.39. The molecule has 1 saturated carbocycles. The van der Waals surface area contributed by atoms with Gasteiger partial charge in [0.2, 0.25) is 0 Å². The average Bonchev–Trinajstić information content (AvgIpc) is 2.84. The topological polar surface area (TPSA) is 79.5 Å². The summed E-state index contributed by atoms with van der Waals surface area (Å²) in [6, 6.07) is 9.13. The maximum Gasteiger partial charge on any atom is 0.303 e. The Morgan fingerprint density at radius 1 is 1.29 bits per heavy atom. The summed E-state index contributed by atoms with van der Waals surface area (Å²) >= 11 is 0. The van der Waals surface area contributed by atoms with E-state index in [9.17, 15) is 9.59 Å². The number of carbonyl (C=O) groups is 2. The monoisotopic (exact) mass is 287 g/mol. The second-order valence-electron chi connectivity index (χ2n) is 5.76. The number of nitrogens with one attached hydrogen (secondary N) is 1. The highest BCUT2D eigenvalue weighted by Crippen LogP contribution is 2.43. The predicted octanol–water partition coefficient (Wildman–Crippen LogP) is 2.81. The van der Waals surface area contributed by atoms with Crippen molar-refractivity contribution in [1.82, 2.24) is 5.32 Å². The van der Waals surface area contributed by atoms with Crippen LogP contribution < -0.4 is 5.32 Å². The molecule has 5 nitrogen and oxygen atoms in total. The lowest BCUT2D eigenvalue weighted by molar-refractivity contribution is -0.141. The lowest BCUT2D eigenvalue weighted by atomic mass is 9.66. The minimum absolute atomic E-state index is 0.105. The van der Waals surface area contributed by atoms with Crippen LogP contribution in [0.4, 0.5) is 0 Å². The van der Waals surface area contributed by atoms with Crippen molar-refractivity contribution in [2.45, 2.75) is 25.7 Å². The molecule has 5 heteroatoms. The predicted molar refractivity (Wildman–Crippen MR) is 77.1 cm³/mol. The van der Waals surface area contributed by atoms with E-state index in [-0.39, 0.29) is 23.5 Å². The molecule has 2 N–H and O–H groups in total. The maximum absolute atomic E-state index is 12.1. The first-order valence-corrected chi connectivity index (χ1v) is 7.07. The van der Waals surface area contributed by atoms with Crippen molar-refractivity contribution in [2.24, 2.45) is 5.41 Å². The summed E-state index contributed by atoms with van der Waals surface area (Å²) in [5.41, 5.74) is 0.389. The second kappa shape index (κ2) is 5.24. The summed E-state index contributed by atoms with van der Waals surface area (Å²) in [6.45, 7) is 0.384. The molecule has 1 aromatic heterocycles. The number of para-hydroxylation sites is 1. The molecule has 0 atom stereocenters. The molecule has 0 radical (unpaired) electrons. The molecule has 0 bridgehead atoms. The molecule has 1 aromatic carbocycles. The van der Waals surface area contributed by atoms with Crippen molar-refractivity contribution < 1.29 is 19.1 Å². The first kappa shape index (κ1) is 13.7. The number of carboxylic acids is 1. The molecule has 0 spiro atoms. The van der Waals surface area contributed by atoms with Crippen LogP contribution in [-0.4, -0.2) is 23.5 Å². The molecule has 1 aliphatic rings. The van der Waals surface area contributed by atoms with E-state index >= 15 is 0 Å². The van der Waals surface area contributed by atoms with Crippen LogP contribution in [0.15, 0.2) is 34.7 Å². The molecule has 2 aromatic rings. The van der Waals surface area contributed by atoms with Gasteiger partial charge in [-0.25, -0.2) is 0 Å². The summed E-state index contributed by atoms with van der Waals surface area (Å²) in [4.78, 5) is 23.0. The van der Waals surface area contributed by atoms with E-state index in [4.69, 9.17) is 9.52 Å². The third kappa shape index (κ3) is 2.77. The number of hydrogen-bond donors (Lipinski definition) is 2. The van der Waals surface area contributed by atoms with E-state index in [1.807, 2.05) is 24.3 Å². The molecule has 0 saturated heterocycles. The fraction of sp³-hybridized carbons (Fsp3) is 0.375. The van der Waals surface area contributed by atoms with Gasteiger partial charge in [0.05, 0.1) is 6.42 Å². The van der Waals surface area contributed by atoms with Gasteiger partial charge in [0.25, 0.3) is 5.91 Å². The first-order valence-electron chi connectivity index (χ1n) is 7.07. The van der Waals surface area contributed by atoms with Crippen molar-refractivity contribution >= 4 is 22.8 Å². The van der Waals surface area contributed by atoms with Gasteiger partial charge in [-0.2, -0.15) is 0 Å². The van der Waals surface area contributed by atoms with E-state index in [1.165, 1.54) is 0 Å². The van der Waals surface area contributed by atoms with Crippen LogP contribution in [0, 0.1) is 5.41 Å². The Labute approximate surface area is 121 Å². The number of carbonyl (C=O) groups excluding carboxylic acids is 1. The molecular formula is C16H17NO4. The Morgan fingerprint density at radius 2 is 2.05 bits per heavy atom. The summed E-state index contributed by atoms with van der Waals surface area (Å²) < 4.78 is 5.50. The van der Waals surface area contributed by atoms with E-state index < -0.39 is 5.97 Å². The Hall–Kier alpha value is -2.30. The number of amides is 1. The van der Waals surface area contributed by atoms with Crippen molar-refractivity contribution in [3.63, 3.8) is 0 Å². The Kier molecular flexibility index (Phi) is 3.41. The first-order chi connectivity index (χ1) is 10.1. The molecule has 0 unspecified atom stereocenters. The van der Waals surface area contributed by atoms with Gasteiger partial charge in [0.1, 0.15) is 5.58 Å². The largest absolute Gasteiger partial charge is 0.481 e. The van der Waals surface area contributed by atoms with Crippen LogP contribution in [0.25, 0.3) is 11.0 Å². The third-order valence-corrected chi connectivity index (χ3v) is 4.21. The number of furan rings is 1. The molecular weight excluding hydrogens is 270 g/mol. The fourth-order valence-corrected chi connectivity index (χ4v) is 2.86. The molecule has 0 aliphatic heterocycles. The molecule has 21 heavy (non-hydrogen) atoms. The second-order valence-corrected chi connectivity index (χ2v) is 5.76. The Morgan fingerprint density at radius 3 is 2.67 bits per heavy atom. The number of aliphatic carboxylic acids is 1. The Bertz CT molecular complexity index is 651. The standard InChI is InChI=1S/C16H17NO4/c18-14(19)9-16(6-3-7-16)10-17-15(20)13-8-11-4-1-2-5-12(11)21-13/h1-2,4-5,8H,3,6-7,9-10H2,(H,17,20)(H,18,19). The van der Waals surface area contributed by atoms with Gasteiger partial charge in [-0.3, -0.25) is 9.59 Å². The molecule has 3 rings (SSSR count). The Balaban J connectivity index is 1.67. The van der Waals surface area contributed by atoms with Crippen LogP contribution >= 0.6 is 0 Å². The molecule has 110 valence electrons. The summed E-state index contributed by atoms with van der Waals surface area (Å²) in [5.74, 6) is -0.837. The van der Waals surface area contributed by atoms with Crippen molar-refractivity contribution in [3.8, 4) is 0 Å². The number of hydrogen-bond acceptors (Lipinski definition) is 3. The fourth-order valence-electron chi connectivity index (χ4n) is 2.86. The molecule has 1 aliphatic carbocycles. The number of benzene rings is 1. The van der Waals surface area contributed by atoms with Crippen molar-refractivity contribution in [2.75, 3.05) is 6.54 Å². The van der Waals surface area contributed by atoms with Gasteiger partial charge >= 0.3 is 5.97 Å². The van der Waals surface area contributed by atoms with E-state index in [0.29, 0.717) is 12.1 Å². The smallest absolute Gasteiger partial charge is 0.303 e. The van der Waals surface area contributed by atoms with Gasteiger partial charge in [-0.05, 0) is 30.4 Å². The van der Waals surface area contributed by atoms with Gasteiger partial charge in [-0.1, -0.05) is 24.6 Å². The zero-order chi connectivity index (χ0) is 14.9. The highest BCUT2D eigenvalue weighted by molar-refractivity contribution is 5.96. The third-order valence-electron chi connectivity index (χ3n) is 4.21. The van der Waals surface area contributed by atoms with E-state index in [2.05, 4.69) is 5.32 Å². The van der Waals surface area contributed by atoms with Crippen molar-refractivity contribution in [1.29, 1.82) is 0 Å². The summed E-state index contributed by atoms with van der Waals surface area (Å²) in [5, 5.41) is 12.7. The summed E-state index contributed by atoms with van der Waals surface area (Å²) in [7, 11) is 0. The van der Waals surface area contributed by atoms with Crippen LogP contribution in [0.5, 0.6) is 0 Å². The lowest BCUT2D eigenvalue weighted by Gasteiger charge is -2.40. The van der Waals surface area contributed by atoms with E-state index in [0.717, 1.165) is 24.6 Å². The average molecular weight is 287 g/mol. The zero-order valence-electron chi connectivity index (χ0n) is 11.6. The zero-order valence-corrected chi connectivity index (χ0v) is 11.6. The number of fused-ring (bicyclic) bond motifs is 1. The molecule has 1 fully saturated rings. The quantitative estimate of drug-likeness (QED) is 0.886. The van der Waals surface area contributed by atoms with Crippen molar-refractivity contribution in [3.05, 3.63) is 36.1 Å². The minimum Gasteiger partial charge on any atom is -0.481 e. The number of carboxylic acid groups (broad SMARTS) is 1. The van der Waals surface area contributed by atoms with Gasteiger partial charge < -0.3 is 14.8 Å². The maximum atomic E-state index is 12.1. The van der Waals surface area contributed by atoms with Gasteiger partial charge in [-0.15, -0.1) is 0 Å². The minimum atomic E-state index is -0.812. The van der Waals surface area contributed by atoms with Crippen LogP contribution in [-0.2, 0) is 4.79 Å². The normalized spacial score (nSPS) is 16.4. The highest BCUT2D eigenvalue weighted by atomic mass is 16.4. The van der Waals surface area contributed by atoms with E-state index in [1.54, 1.807) is 6.07 Å². The van der Waals surface area contributed by atoms with Crippen LogP contribution in [0.2, 0.25) is 0 Å².